The highest BCUT2D eigenvalue weighted by Gasteiger charge is 2.20. The molecule has 20 heavy (non-hydrogen) atoms. The van der Waals surface area contributed by atoms with Crippen LogP contribution in [-0.4, -0.2) is 20.8 Å². The molecule has 0 amide bonds. The van der Waals surface area contributed by atoms with Crippen LogP contribution in [0.5, 0.6) is 0 Å². The number of nitrogens with zero attached hydrogens (tertiary/aromatic N) is 2. The molecule has 0 saturated heterocycles. The zero-order chi connectivity index (χ0) is 14.4. The Labute approximate surface area is 115 Å². The molecule has 5 nitrogen and oxygen atoms in total. The fraction of sp³-hybridized carbons (Fsp3) is 0.200. The number of benzene rings is 1. The van der Waals surface area contributed by atoms with Gasteiger partial charge in [0.25, 0.3) is 0 Å². The van der Waals surface area contributed by atoms with Crippen molar-refractivity contribution in [3.63, 3.8) is 0 Å². The normalized spacial score (nSPS) is 11.2. The van der Waals surface area contributed by atoms with E-state index in [0.29, 0.717) is 5.69 Å². The lowest BCUT2D eigenvalue weighted by Gasteiger charge is -1.99. The second-order valence-corrected chi connectivity index (χ2v) is 4.87. The van der Waals surface area contributed by atoms with Gasteiger partial charge in [-0.05, 0) is 25.5 Å². The molecule has 2 heterocycles. The van der Waals surface area contributed by atoms with E-state index >= 15 is 0 Å². The molecule has 0 aliphatic rings. The van der Waals surface area contributed by atoms with Crippen molar-refractivity contribution >= 4 is 16.9 Å². The molecule has 1 N–H and O–H groups in total. The Kier molecular flexibility index (Phi) is 2.64. The van der Waals surface area contributed by atoms with Crippen LogP contribution in [-0.2, 0) is 7.05 Å². The molecule has 5 heteroatoms. The largest absolute Gasteiger partial charge is 0.475 e. The lowest BCUT2D eigenvalue weighted by Crippen LogP contribution is -1.92. The number of fused-ring (bicyclic) bond motifs is 1. The molecule has 0 atom stereocenters. The highest BCUT2D eigenvalue weighted by atomic mass is 16.5. The Hall–Kier alpha value is -2.56. The molecule has 0 saturated carbocycles. The maximum Gasteiger partial charge on any atom is 0.374 e. The number of carboxylic acid groups (broad SMARTS) is 1. The first-order valence-electron chi connectivity index (χ1n) is 6.25. The van der Waals surface area contributed by atoms with E-state index in [0.717, 1.165) is 27.7 Å². The van der Waals surface area contributed by atoms with Crippen molar-refractivity contribution in [1.29, 1.82) is 0 Å². The lowest BCUT2D eigenvalue weighted by molar-refractivity contribution is 0.0652. The molecular formula is C15H14N2O3. The van der Waals surface area contributed by atoms with Gasteiger partial charge < -0.3 is 14.2 Å². The van der Waals surface area contributed by atoms with Crippen LogP contribution < -0.4 is 0 Å². The molecule has 0 fully saturated rings. The van der Waals surface area contributed by atoms with Gasteiger partial charge in [0.05, 0.1) is 0 Å². The zero-order valence-corrected chi connectivity index (χ0v) is 11.5. The van der Waals surface area contributed by atoms with E-state index in [1.807, 2.05) is 39.1 Å². The van der Waals surface area contributed by atoms with Gasteiger partial charge in [-0.3, -0.25) is 0 Å². The van der Waals surface area contributed by atoms with Gasteiger partial charge in [-0.15, -0.1) is 0 Å². The first kappa shape index (κ1) is 12.5. The lowest BCUT2D eigenvalue weighted by atomic mass is 10.0. The monoisotopic (exact) mass is 270 g/mol. The predicted molar refractivity (Wildman–Crippen MR) is 74.8 cm³/mol. The number of aromatic carboxylic acids is 1. The Morgan fingerprint density at radius 2 is 2.10 bits per heavy atom. The summed E-state index contributed by atoms with van der Waals surface area (Å²) in [7, 11) is 1.98. The Morgan fingerprint density at radius 1 is 1.35 bits per heavy atom. The second-order valence-electron chi connectivity index (χ2n) is 4.87. The zero-order valence-electron chi connectivity index (χ0n) is 11.5. The molecule has 3 rings (SSSR count). The van der Waals surface area contributed by atoms with Crippen LogP contribution >= 0.6 is 0 Å². The van der Waals surface area contributed by atoms with Crippen LogP contribution in [0.2, 0.25) is 0 Å². The molecule has 0 radical (unpaired) electrons. The second kappa shape index (κ2) is 4.23. The van der Waals surface area contributed by atoms with E-state index < -0.39 is 5.97 Å². The summed E-state index contributed by atoms with van der Waals surface area (Å²) in [5.41, 5.74) is 4.73. The summed E-state index contributed by atoms with van der Waals surface area (Å²) in [6.07, 6.45) is 0. The number of aromatic nitrogens is 2. The van der Waals surface area contributed by atoms with E-state index in [4.69, 9.17) is 9.63 Å². The minimum absolute atomic E-state index is 0.148. The highest BCUT2D eigenvalue weighted by molar-refractivity contribution is 6.00. The van der Waals surface area contributed by atoms with Crippen molar-refractivity contribution in [1.82, 2.24) is 9.72 Å². The van der Waals surface area contributed by atoms with Crippen LogP contribution in [0, 0.1) is 13.8 Å². The minimum Gasteiger partial charge on any atom is -0.475 e. The maximum atomic E-state index is 10.9. The average molecular weight is 270 g/mol. The molecule has 0 unspecified atom stereocenters. The van der Waals surface area contributed by atoms with Gasteiger partial charge in [-0.1, -0.05) is 17.3 Å². The third-order valence-electron chi connectivity index (χ3n) is 3.70. The van der Waals surface area contributed by atoms with Crippen LogP contribution in [0.4, 0.5) is 0 Å². The number of carbonyl (C=O) groups is 1. The van der Waals surface area contributed by atoms with Gasteiger partial charge in [0, 0.05) is 35.3 Å². The number of hydrogen-bond acceptors (Lipinski definition) is 3. The molecule has 3 aromatic rings. The molecule has 0 aliphatic heterocycles. The number of aryl methyl sites for hydroxylation is 2. The maximum absolute atomic E-state index is 10.9. The topological polar surface area (TPSA) is 68.3 Å². The average Bonchev–Trinajstić information content (AvgIpc) is 2.97. The van der Waals surface area contributed by atoms with E-state index in [2.05, 4.69) is 9.72 Å². The Balaban J connectivity index is 2.35. The first-order chi connectivity index (χ1) is 9.50. The molecular weight excluding hydrogens is 256 g/mol. The van der Waals surface area contributed by atoms with Crippen molar-refractivity contribution in [2.45, 2.75) is 13.8 Å². The van der Waals surface area contributed by atoms with E-state index in [1.54, 1.807) is 0 Å². The molecule has 2 aromatic heterocycles. The van der Waals surface area contributed by atoms with Crippen molar-refractivity contribution in [2.75, 3.05) is 0 Å². The van der Waals surface area contributed by atoms with E-state index in [1.165, 1.54) is 6.07 Å². The van der Waals surface area contributed by atoms with Crippen molar-refractivity contribution in [3.8, 4) is 11.3 Å². The van der Waals surface area contributed by atoms with E-state index in [-0.39, 0.29) is 5.76 Å². The molecule has 102 valence electrons. The molecule has 0 spiro atoms. The van der Waals surface area contributed by atoms with Crippen molar-refractivity contribution in [2.24, 2.45) is 7.05 Å². The van der Waals surface area contributed by atoms with Gasteiger partial charge in [0.15, 0.2) is 0 Å². The molecule has 0 bridgehead atoms. The number of hydrogen-bond donors (Lipinski definition) is 1. The summed E-state index contributed by atoms with van der Waals surface area (Å²) < 4.78 is 6.95. The van der Waals surface area contributed by atoms with Crippen LogP contribution in [0.3, 0.4) is 0 Å². The number of carboxylic acids is 1. The van der Waals surface area contributed by atoms with Crippen LogP contribution in [0.1, 0.15) is 21.8 Å². The summed E-state index contributed by atoms with van der Waals surface area (Å²) in [6, 6.07) is 7.55. The summed E-state index contributed by atoms with van der Waals surface area (Å²) in [4.78, 5) is 10.9. The first-order valence-corrected chi connectivity index (χ1v) is 6.25. The third kappa shape index (κ3) is 1.63. The summed E-state index contributed by atoms with van der Waals surface area (Å²) in [5.74, 6) is -1.26. The van der Waals surface area contributed by atoms with Gasteiger partial charge in [-0.25, -0.2) is 4.79 Å². The van der Waals surface area contributed by atoms with Crippen LogP contribution in [0.25, 0.3) is 22.2 Å². The minimum atomic E-state index is -1.11. The summed E-state index contributed by atoms with van der Waals surface area (Å²) >= 11 is 0. The Bertz CT molecular complexity index is 827. The van der Waals surface area contributed by atoms with Gasteiger partial charge >= 0.3 is 5.97 Å². The highest BCUT2D eigenvalue weighted by Crippen LogP contribution is 2.35. The van der Waals surface area contributed by atoms with Crippen molar-refractivity contribution in [3.05, 3.63) is 41.3 Å². The smallest absolute Gasteiger partial charge is 0.374 e. The third-order valence-corrected chi connectivity index (χ3v) is 3.70. The van der Waals surface area contributed by atoms with Gasteiger partial charge in [0.2, 0.25) is 5.76 Å². The van der Waals surface area contributed by atoms with Gasteiger partial charge in [0.1, 0.15) is 5.69 Å². The van der Waals surface area contributed by atoms with Crippen molar-refractivity contribution < 1.29 is 14.4 Å². The predicted octanol–water partition coefficient (Wildman–Crippen LogP) is 3.15. The summed E-state index contributed by atoms with van der Waals surface area (Å²) in [6.45, 7) is 4.02. The fourth-order valence-corrected chi connectivity index (χ4v) is 2.59. The quantitative estimate of drug-likeness (QED) is 0.776. The molecule has 1 aromatic carbocycles. The SMILES string of the molecule is Cc1cccc2c1c(-c1cc(C(=O)O)on1)c(C)n2C. The van der Waals surface area contributed by atoms with Crippen LogP contribution in [0.15, 0.2) is 28.8 Å². The van der Waals surface area contributed by atoms with E-state index in [9.17, 15) is 4.79 Å². The standard InChI is InChI=1S/C15H14N2O3/c1-8-5-4-6-11-13(8)14(9(2)17(11)3)10-7-12(15(18)19)20-16-10/h4-7H,1-3H3,(H,18,19). The molecule has 0 aliphatic carbocycles. The van der Waals surface area contributed by atoms with Gasteiger partial charge in [-0.2, -0.15) is 0 Å². The fourth-order valence-electron chi connectivity index (χ4n) is 2.59. The Morgan fingerprint density at radius 3 is 2.75 bits per heavy atom. The summed E-state index contributed by atoms with van der Waals surface area (Å²) in [5, 5.41) is 13.9. The number of rotatable bonds is 2.